The number of anilines is 1. The van der Waals surface area contributed by atoms with Gasteiger partial charge in [0.2, 0.25) is 5.91 Å². The van der Waals surface area contributed by atoms with Crippen LogP contribution >= 0.6 is 0 Å². The molecule has 39 heavy (non-hydrogen) atoms. The summed E-state index contributed by atoms with van der Waals surface area (Å²) in [4.78, 5) is 43.5. The first-order valence-corrected chi connectivity index (χ1v) is 14.0. The Morgan fingerprint density at radius 3 is 2.41 bits per heavy atom. The number of hydrogen-bond acceptors (Lipinski definition) is 5. The second-order valence-corrected chi connectivity index (χ2v) is 11.0. The summed E-state index contributed by atoms with van der Waals surface area (Å²) in [6.07, 6.45) is 4.83. The molecule has 1 fully saturated rings. The van der Waals surface area contributed by atoms with E-state index in [1.54, 1.807) is 37.3 Å². The van der Waals surface area contributed by atoms with Crippen molar-refractivity contribution >= 4 is 23.4 Å². The molecule has 1 aliphatic carbocycles. The second kappa shape index (κ2) is 13.1. The zero-order valence-corrected chi connectivity index (χ0v) is 23.5. The molecule has 210 valence electrons. The van der Waals surface area contributed by atoms with Crippen LogP contribution in [0.1, 0.15) is 66.7 Å². The molecule has 1 heterocycles. The molecule has 0 bridgehead atoms. The monoisotopic (exact) mass is 535 g/mol. The van der Waals surface area contributed by atoms with Crippen molar-refractivity contribution in [3.8, 4) is 5.75 Å². The number of nitrogens with zero attached hydrogens (tertiary/aromatic N) is 2. The van der Waals surface area contributed by atoms with E-state index in [4.69, 9.17) is 9.47 Å². The maximum absolute atomic E-state index is 13.6. The normalized spacial score (nSPS) is 23.2. The number of nitrogens with one attached hydrogen (secondary N) is 1. The largest absolute Gasteiger partial charge is 0.491 e. The van der Waals surface area contributed by atoms with E-state index < -0.39 is 0 Å². The number of fused-ring (bicyclic) bond motifs is 1. The number of ether oxygens (including phenoxy) is 2. The van der Waals surface area contributed by atoms with Gasteiger partial charge in [-0.25, -0.2) is 0 Å². The van der Waals surface area contributed by atoms with E-state index >= 15 is 0 Å². The summed E-state index contributed by atoms with van der Waals surface area (Å²) in [6.45, 7) is 4.99. The molecule has 0 radical (unpaired) electrons. The van der Waals surface area contributed by atoms with Crippen LogP contribution in [-0.2, 0) is 9.53 Å². The lowest BCUT2D eigenvalue weighted by Gasteiger charge is -2.36. The summed E-state index contributed by atoms with van der Waals surface area (Å²) in [5, 5.41) is 3.02. The molecular weight excluding hydrogens is 494 g/mol. The van der Waals surface area contributed by atoms with E-state index in [0.29, 0.717) is 35.7 Å². The minimum atomic E-state index is -0.282. The lowest BCUT2D eigenvalue weighted by atomic mass is 9.88. The van der Waals surface area contributed by atoms with Crippen LogP contribution in [0.25, 0.3) is 0 Å². The predicted molar refractivity (Wildman–Crippen MR) is 151 cm³/mol. The molecule has 8 nitrogen and oxygen atoms in total. The molecule has 0 saturated heterocycles. The molecule has 0 aromatic heterocycles. The van der Waals surface area contributed by atoms with Crippen LogP contribution in [-0.4, -0.2) is 73.5 Å². The molecule has 8 heteroatoms. The maximum atomic E-state index is 13.6. The molecule has 4 rings (SSSR count). The van der Waals surface area contributed by atoms with Crippen LogP contribution in [0.5, 0.6) is 5.75 Å². The Labute approximate surface area is 231 Å². The number of benzene rings is 2. The molecule has 2 aromatic carbocycles. The Kier molecular flexibility index (Phi) is 9.62. The summed E-state index contributed by atoms with van der Waals surface area (Å²) in [5.74, 6) is 0.104. The number of methoxy groups -OCH3 is 1. The fourth-order valence-electron chi connectivity index (χ4n) is 5.49. The summed E-state index contributed by atoms with van der Waals surface area (Å²) < 4.78 is 12.0. The third-order valence-corrected chi connectivity index (χ3v) is 7.97. The van der Waals surface area contributed by atoms with E-state index in [-0.39, 0.29) is 48.3 Å². The molecular formula is C31H41N3O5. The second-order valence-electron chi connectivity index (χ2n) is 11.0. The molecule has 1 N–H and O–H groups in total. The number of rotatable bonds is 4. The number of hydrogen-bond donors (Lipinski definition) is 1. The first-order valence-electron chi connectivity index (χ1n) is 14.0. The average molecular weight is 536 g/mol. The summed E-state index contributed by atoms with van der Waals surface area (Å²) in [7, 11) is 3.37. The Bertz CT molecular complexity index is 1150. The van der Waals surface area contributed by atoms with Crippen LogP contribution in [0.2, 0.25) is 0 Å². The van der Waals surface area contributed by atoms with Gasteiger partial charge in [-0.15, -0.1) is 0 Å². The fraction of sp³-hybridized carbons (Fsp3) is 0.516. The van der Waals surface area contributed by atoms with Gasteiger partial charge in [0.15, 0.2) is 0 Å². The number of carbonyl (C=O) groups is 3. The van der Waals surface area contributed by atoms with Gasteiger partial charge < -0.3 is 24.6 Å². The molecule has 2 aliphatic rings. The van der Waals surface area contributed by atoms with Crippen LogP contribution in [0.3, 0.4) is 0 Å². The minimum Gasteiger partial charge on any atom is -0.491 e. The quantitative estimate of drug-likeness (QED) is 0.605. The van der Waals surface area contributed by atoms with E-state index in [2.05, 4.69) is 5.32 Å². The van der Waals surface area contributed by atoms with Crippen molar-refractivity contribution in [2.24, 2.45) is 11.8 Å². The topological polar surface area (TPSA) is 88.2 Å². The van der Waals surface area contributed by atoms with Gasteiger partial charge in [0.25, 0.3) is 11.8 Å². The first-order chi connectivity index (χ1) is 18.8. The molecule has 0 spiro atoms. The standard InChI is InChI=1S/C31H41N3O5/c1-21-18-34(30(36)24-13-9-6-10-14-24)22(2)20-39-27-16-15-25(32-29(35)23-11-7-5-8-12-23)17-26(27)31(37)33(3)19-28(21)38-4/h6,9-10,13-17,21-23,28H,5,7-8,11-12,18-20H2,1-4H3,(H,32,35)/t21-,22-,28-/m0/s1. The number of likely N-dealkylation sites (N-methyl/N-ethyl adjacent to an activating group) is 1. The number of amides is 3. The van der Waals surface area contributed by atoms with Crippen molar-refractivity contribution in [1.29, 1.82) is 0 Å². The minimum absolute atomic E-state index is 0.00138. The fourth-order valence-corrected chi connectivity index (χ4v) is 5.49. The van der Waals surface area contributed by atoms with Gasteiger partial charge in [-0.05, 0) is 50.1 Å². The van der Waals surface area contributed by atoms with E-state index in [1.807, 2.05) is 49.1 Å². The summed E-state index contributed by atoms with van der Waals surface area (Å²) in [5.41, 5.74) is 1.56. The van der Waals surface area contributed by atoms with Crippen LogP contribution in [0.4, 0.5) is 5.69 Å². The Morgan fingerprint density at radius 2 is 1.72 bits per heavy atom. The zero-order chi connectivity index (χ0) is 27.9. The van der Waals surface area contributed by atoms with Gasteiger partial charge >= 0.3 is 0 Å². The molecule has 3 atom stereocenters. The maximum Gasteiger partial charge on any atom is 0.257 e. The highest BCUT2D eigenvalue weighted by Crippen LogP contribution is 2.29. The van der Waals surface area contributed by atoms with Gasteiger partial charge in [0.1, 0.15) is 12.4 Å². The van der Waals surface area contributed by atoms with Crippen molar-refractivity contribution in [2.75, 3.05) is 39.2 Å². The first kappa shape index (κ1) is 28.6. The highest BCUT2D eigenvalue weighted by Gasteiger charge is 2.31. The van der Waals surface area contributed by atoms with E-state index in [0.717, 1.165) is 25.7 Å². The van der Waals surface area contributed by atoms with Gasteiger partial charge in [0.05, 0.1) is 17.7 Å². The Balaban J connectivity index is 1.62. The zero-order valence-electron chi connectivity index (χ0n) is 23.5. The summed E-state index contributed by atoms with van der Waals surface area (Å²) in [6, 6.07) is 14.2. The average Bonchev–Trinajstić information content (AvgIpc) is 2.97. The lowest BCUT2D eigenvalue weighted by molar-refractivity contribution is -0.120. The van der Waals surface area contributed by atoms with Crippen molar-refractivity contribution in [1.82, 2.24) is 9.80 Å². The van der Waals surface area contributed by atoms with Gasteiger partial charge in [-0.1, -0.05) is 44.4 Å². The lowest BCUT2D eigenvalue weighted by Crippen LogP contribution is -2.48. The van der Waals surface area contributed by atoms with Crippen molar-refractivity contribution < 1.29 is 23.9 Å². The molecule has 1 saturated carbocycles. The number of carbonyl (C=O) groups excluding carboxylic acids is 3. The van der Waals surface area contributed by atoms with Crippen molar-refractivity contribution in [2.45, 2.75) is 58.1 Å². The predicted octanol–water partition coefficient (Wildman–Crippen LogP) is 4.85. The summed E-state index contributed by atoms with van der Waals surface area (Å²) >= 11 is 0. The SMILES string of the molecule is CO[C@H]1CN(C)C(=O)c2cc(NC(=O)C3CCCCC3)ccc2OC[C@H](C)N(C(=O)c2ccccc2)C[C@@H]1C. The molecule has 1 aliphatic heterocycles. The van der Waals surface area contributed by atoms with Gasteiger partial charge in [-0.3, -0.25) is 14.4 Å². The smallest absolute Gasteiger partial charge is 0.257 e. The van der Waals surface area contributed by atoms with E-state index in [9.17, 15) is 14.4 Å². The Hall–Kier alpha value is -3.39. The highest BCUT2D eigenvalue weighted by atomic mass is 16.5. The molecule has 0 unspecified atom stereocenters. The third kappa shape index (κ3) is 6.98. The van der Waals surface area contributed by atoms with Crippen molar-refractivity contribution in [3.63, 3.8) is 0 Å². The van der Waals surface area contributed by atoms with E-state index in [1.165, 1.54) is 6.42 Å². The van der Waals surface area contributed by atoms with Crippen LogP contribution < -0.4 is 10.1 Å². The highest BCUT2D eigenvalue weighted by molar-refractivity contribution is 6.00. The Morgan fingerprint density at radius 1 is 1.00 bits per heavy atom. The van der Waals surface area contributed by atoms with Crippen molar-refractivity contribution in [3.05, 3.63) is 59.7 Å². The van der Waals surface area contributed by atoms with Crippen LogP contribution in [0.15, 0.2) is 48.5 Å². The molecule has 3 amide bonds. The van der Waals surface area contributed by atoms with Gasteiger partial charge in [0, 0.05) is 50.3 Å². The van der Waals surface area contributed by atoms with Crippen LogP contribution in [0, 0.1) is 11.8 Å². The molecule has 2 aromatic rings. The third-order valence-electron chi connectivity index (χ3n) is 7.97. The van der Waals surface area contributed by atoms with Gasteiger partial charge in [-0.2, -0.15) is 0 Å².